The van der Waals surface area contributed by atoms with Gasteiger partial charge in [0.15, 0.2) is 0 Å². The van der Waals surface area contributed by atoms with Gasteiger partial charge in [0.2, 0.25) is 0 Å². The third-order valence-corrected chi connectivity index (χ3v) is 4.38. The minimum absolute atomic E-state index is 0.135. The number of esters is 1. The fourth-order valence-electron chi connectivity index (χ4n) is 3.09. The van der Waals surface area contributed by atoms with Crippen molar-refractivity contribution in [2.45, 2.75) is 50.5 Å². The number of nitrogens with one attached hydrogen (secondary N) is 1. The molecule has 2 aliphatic rings. The smallest absolute Gasteiger partial charge is 0.407 e. The zero-order valence-corrected chi connectivity index (χ0v) is 11.9. The van der Waals surface area contributed by atoms with E-state index in [-0.39, 0.29) is 18.8 Å². The van der Waals surface area contributed by atoms with Crippen LogP contribution in [0.25, 0.3) is 0 Å². The molecule has 1 amide bonds. The van der Waals surface area contributed by atoms with E-state index in [0.717, 1.165) is 31.8 Å². The minimum atomic E-state index is -0.484. The molecule has 0 saturated heterocycles. The second-order valence-corrected chi connectivity index (χ2v) is 5.59. The molecule has 0 radical (unpaired) electrons. The quantitative estimate of drug-likeness (QED) is 0.461. The van der Waals surface area contributed by atoms with Gasteiger partial charge < -0.3 is 14.8 Å². The fraction of sp³-hybridized carbons (Fsp3) is 0.733. The van der Waals surface area contributed by atoms with Gasteiger partial charge in [-0.1, -0.05) is 13.0 Å². The van der Waals surface area contributed by atoms with E-state index in [0.29, 0.717) is 5.92 Å². The van der Waals surface area contributed by atoms with Crippen LogP contribution in [-0.2, 0) is 14.3 Å². The van der Waals surface area contributed by atoms with Crippen LogP contribution >= 0.6 is 0 Å². The maximum Gasteiger partial charge on any atom is 0.407 e. The van der Waals surface area contributed by atoms with Crippen LogP contribution in [0.5, 0.6) is 0 Å². The second-order valence-electron chi connectivity index (χ2n) is 5.59. The molecule has 0 spiro atoms. The summed E-state index contributed by atoms with van der Waals surface area (Å²) in [6.07, 6.45) is 8.54. The molecule has 0 aliphatic heterocycles. The molecule has 2 fully saturated rings. The lowest BCUT2D eigenvalue weighted by Gasteiger charge is -2.42. The Morgan fingerprint density at radius 1 is 1.25 bits per heavy atom. The highest BCUT2D eigenvalue weighted by Gasteiger charge is 2.46. The highest BCUT2D eigenvalue weighted by Crippen LogP contribution is 2.47. The van der Waals surface area contributed by atoms with Gasteiger partial charge in [-0.05, 0) is 44.4 Å². The first kappa shape index (κ1) is 14.9. The van der Waals surface area contributed by atoms with E-state index >= 15 is 0 Å². The maximum absolute atomic E-state index is 11.9. The van der Waals surface area contributed by atoms with E-state index in [9.17, 15) is 9.59 Å². The van der Waals surface area contributed by atoms with Gasteiger partial charge in [-0.15, -0.1) is 0 Å². The summed E-state index contributed by atoms with van der Waals surface area (Å²) in [6.45, 7) is 3.70. The van der Waals surface area contributed by atoms with E-state index in [4.69, 9.17) is 9.47 Å². The zero-order valence-electron chi connectivity index (χ0n) is 11.9. The molecule has 20 heavy (non-hydrogen) atoms. The van der Waals surface area contributed by atoms with E-state index in [1.54, 1.807) is 0 Å². The molecule has 112 valence electrons. The Morgan fingerprint density at radius 2 is 1.95 bits per heavy atom. The average Bonchev–Trinajstić information content (AvgIpc) is 2.81. The molecule has 0 aromatic carbocycles. The lowest BCUT2D eigenvalue weighted by Crippen LogP contribution is -2.46. The van der Waals surface area contributed by atoms with Crippen molar-refractivity contribution in [1.82, 2.24) is 5.32 Å². The molecule has 0 bridgehead atoms. The van der Waals surface area contributed by atoms with Gasteiger partial charge >= 0.3 is 12.1 Å². The van der Waals surface area contributed by atoms with Gasteiger partial charge in [0.25, 0.3) is 0 Å². The Bertz CT molecular complexity index is 370. The lowest BCUT2D eigenvalue weighted by atomic mass is 9.72. The summed E-state index contributed by atoms with van der Waals surface area (Å²) in [4.78, 5) is 22.7. The molecule has 0 atom stereocenters. The first-order valence-corrected chi connectivity index (χ1v) is 7.42. The Labute approximate surface area is 119 Å². The lowest BCUT2D eigenvalue weighted by molar-refractivity contribution is -0.137. The van der Waals surface area contributed by atoms with Crippen LogP contribution in [0.15, 0.2) is 12.7 Å². The van der Waals surface area contributed by atoms with Crippen molar-refractivity contribution in [3.63, 3.8) is 0 Å². The summed E-state index contributed by atoms with van der Waals surface area (Å²) >= 11 is 0. The van der Waals surface area contributed by atoms with Crippen LogP contribution in [0.2, 0.25) is 0 Å². The van der Waals surface area contributed by atoms with Gasteiger partial charge in [0.05, 0.1) is 6.54 Å². The van der Waals surface area contributed by atoms with Crippen LogP contribution in [-0.4, -0.2) is 30.8 Å². The molecule has 5 heteroatoms. The third kappa shape index (κ3) is 3.52. The maximum atomic E-state index is 11.9. The number of carbonyl (C=O) groups excluding carboxylic acids is 2. The second kappa shape index (κ2) is 6.77. The largest absolute Gasteiger partial charge is 0.461 e. The van der Waals surface area contributed by atoms with Crippen molar-refractivity contribution in [2.24, 2.45) is 5.92 Å². The molecule has 2 aliphatic carbocycles. The summed E-state index contributed by atoms with van der Waals surface area (Å²) in [6, 6.07) is 0. The number of hydrogen-bond donors (Lipinski definition) is 1. The highest BCUT2D eigenvalue weighted by molar-refractivity contribution is 5.81. The number of ether oxygens (including phenoxy) is 2. The van der Waals surface area contributed by atoms with E-state index in [1.807, 2.05) is 0 Å². The molecular weight excluding hydrogens is 258 g/mol. The molecule has 2 rings (SSSR count). The molecule has 0 heterocycles. The van der Waals surface area contributed by atoms with E-state index in [2.05, 4.69) is 11.9 Å². The predicted molar refractivity (Wildman–Crippen MR) is 74.2 cm³/mol. The van der Waals surface area contributed by atoms with Crippen LogP contribution in [0.1, 0.15) is 44.9 Å². The summed E-state index contributed by atoms with van der Waals surface area (Å²) < 4.78 is 10.5. The molecule has 5 nitrogen and oxygen atoms in total. The number of hydrogen-bond acceptors (Lipinski definition) is 4. The van der Waals surface area contributed by atoms with Gasteiger partial charge in [-0.25, -0.2) is 9.59 Å². The normalized spacial score (nSPS) is 20.8. The van der Waals surface area contributed by atoms with Crippen molar-refractivity contribution in [3.05, 3.63) is 12.7 Å². The minimum Gasteiger partial charge on any atom is -0.461 e. The molecule has 1 N–H and O–H groups in total. The van der Waals surface area contributed by atoms with Crippen molar-refractivity contribution < 1.29 is 19.1 Å². The van der Waals surface area contributed by atoms with Gasteiger partial charge in [0.1, 0.15) is 12.2 Å². The molecule has 2 saturated carbocycles. The molecule has 0 aromatic heterocycles. The van der Waals surface area contributed by atoms with Crippen molar-refractivity contribution in [3.8, 4) is 0 Å². The van der Waals surface area contributed by atoms with Gasteiger partial charge in [0, 0.05) is 6.08 Å². The summed E-state index contributed by atoms with van der Waals surface area (Å²) in [5.41, 5.74) is -0.236. The van der Waals surface area contributed by atoms with Crippen molar-refractivity contribution in [1.29, 1.82) is 0 Å². The van der Waals surface area contributed by atoms with E-state index in [1.165, 1.54) is 19.3 Å². The molecule has 0 unspecified atom stereocenters. The van der Waals surface area contributed by atoms with Crippen molar-refractivity contribution >= 4 is 12.1 Å². The first-order valence-electron chi connectivity index (χ1n) is 7.42. The standard InChI is InChI=1S/C15H23NO4/c1-2-13(17)19-11-10-16-14(18)20-15(8-3-4-9-15)12-6-5-7-12/h2,12H,1,3-11H2,(H,16,18). The first-order chi connectivity index (χ1) is 9.66. The average molecular weight is 281 g/mol. The number of carbonyl (C=O) groups is 2. The Morgan fingerprint density at radius 3 is 2.50 bits per heavy atom. The van der Waals surface area contributed by atoms with Gasteiger partial charge in [-0.3, -0.25) is 0 Å². The molecule has 0 aromatic rings. The fourth-order valence-corrected chi connectivity index (χ4v) is 3.09. The van der Waals surface area contributed by atoms with Crippen LogP contribution in [0.4, 0.5) is 4.79 Å². The SMILES string of the molecule is C=CC(=O)OCCNC(=O)OC1(C2CCC2)CCCC1. The monoisotopic (exact) mass is 281 g/mol. The summed E-state index contributed by atoms with van der Waals surface area (Å²) in [7, 11) is 0. The van der Waals surface area contributed by atoms with Crippen molar-refractivity contribution in [2.75, 3.05) is 13.2 Å². The summed E-state index contributed by atoms with van der Waals surface area (Å²) in [5.74, 6) is 0.0521. The van der Waals surface area contributed by atoms with Crippen LogP contribution < -0.4 is 5.32 Å². The zero-order chi connectivity index (χ0) is 14.4. The van der Waals surface area contributed by atoms with Gasteiger partial charge in [-0.2, -0.15) is 0 Å². The van der Waals surface area contributed by atoms with Crippen LogP contribution in [0, 0.1) is 5.92 Å². The topological polar surface area (TPSA) is 64.6 Å². The molecular formula is C15H23NO4. The Hall–Kier alpha value is -1.52. The third-order valence-electron chi connectivity index (χ3n) is 4.38. The summed E-state index contributed by atoms with van der Waals surface area (Å²) in [5, 5.41) is 2.64. The van der Waals surface area contributed by atoms with E-state index < -0.39 is 12.1 Å². The predicted octanol–water partition coefficient (Wildman–Crippen LogP) is 2.55. The number of rotatable bonds is 6. The number of alkyl carbamates (subject to hydrolysis) is 1. The number of amides is 1. The highest BCUT2D eigenvalue weighted by atomic mass is 16.6. The Kier molecular flexibility index (Phi) is 5.04. The van der Waals surface area contributed by atoms with Crippen LogP contribution in [0.3, 0.4) is 0 Å². The Balaban J connectivity index is 1.72.